The van der Waals surface area contributed by atoms with Crippen molar-refractivity contribution in [1.82, 2.24) is 10.2 Å². The quantitative estimate of drug-likeness (QED) is 0.371. The molecule has 2 fully saturated rings. The summed E-state index contributed by atoms with van der Waals surface area (Å²) in [6.45, 7) is 5.12. The maximum Gasteiger partial charge on any atom is 0.255 e. The molecule has 1 heterocycles. The van der Waals surface area contributed by atoms with Crippen LogP contribution in [0, 0.1) is 6.92 Å². The Bertz CT molecular complexity index is 1340. The van der Waals surface area contributed by atoms with Crippen molar-refractivity contribution < 1.29 is 24.2 Å². The van der Waals surface area contributed by atoms with Crippen LogP contribution in [0.15, 0.2) is 42.6 Å². The zero-order valence-corrected chi connectivity index (χ0v) is 23.8. The molecule has 3 atom stereocenters. The number of nitrogens with zero attached hydrogens (tertiary/aromatic N) is 1. The lowest BCUT2D eigenvalue weighted by atomic mass is 9.52. The molecule has 9 nitrogen and oxygen atoms in total. The van der Waals surface area contributed by atoms with Gasteiger partial charge in [-0.1, -0.05) is 30.3 Å². The number of carbonyl (C=O) groups excluding carboxylic acids is 3. The van der Waals surface area contributed by atoms with Crippen molar-refractivity contribution in [3.63, 3.8) is 0 Å². The predicted octanol–water partition coefficient (Wildman–Crippen LogP) is 2.56. The number of amides is 2. The Labute approximate surface area is 235 Å². The smallest absolute Gasteiger partial charge is 0.255 e. The number of ketones is 1. The van der Waals surface area contributed by atoms with Crippen molar-refractivity contribution in [3.05, 3.63) is 70.4 Å². The number of hydrogen-bond acceptors (Lipinski definition) is 7. The highest BCUT2D eigenvalue weighted by atomic mass is 16.5. The average molecular weight is 549 g/mol. The zero-order chi connectivity index (χ0) is 29.2. The summed E-state index contributed by atoms with van der Waals surface area (Å²) in [5.74, 6) is -0.925. The number of nitrogens with one attached hydrogen (secondary N) is 1. The summed E-state index contributed by atoms with van der Waals surface area (Å²) in [6.07, 6.45) is 3.63. The monoisotopic (exact) mass is 548 g/mol. The molecule has 2 aliphatic rings. The van der Waals surface area contributed by atoms with Gasteiger partial charge in [0.2, 0.25) is 0 Å². The molecule has 2 aromatic carbocycles. The van der Waals surface area contributed by atoms with Crippen LogP contribution in [0.3, 0.4) is 0 Å². The lowest BCUT2D eigenvalue weighted by Gasteiger charge is -2.61. The van der Waals surface area contributed by atoms with E-state index < -0.39 is 16.9 Å². The highest BCUT2D eigenvalue weighted by Crippen LogP contribution is 2.57. The number of ether oxygens (including phenoxy) is 1. The standard InChI is InChI=1S/C31H40N4O5/c1-19-5-10-24(29(39)34-15-12-21-6-8-22(9-7-21)25(18-32)28(33)38)27(37)26(19)30-14-16-35(3)20(2)31(30,40-4)13-11-23(36)17-30/h5-10,18,20,37H,11-17,32H2,1-4H3,(H2,33,38)(H,34,39)/b25-18-/t20?,30-,31?/m1/s1. The van der Waals surface area contributed by atoms with Crippen LogP contribution in [0.5, 0.6) is 5.75 Å². The van der Waals surface area contributed by atoms with Crippen LogP contribution >= 0.6 is 0 Å². The SMILES string of the molecule is COC12CCC(=O)C[C@@]1(c1c(C)ccc(C(=O)NCCc3ccc(/C(=C/N)C(N)=O)cc3)c1O)CCN(C)C2C. The number of benzene rings is 2. The molecule has 2 amide bonds. The molecule has 40 heavy (non-hydrogen) atoms. The van der Waals surface area contributed by atoms with Gasteiger partial charge in [-0.15, -0.1) is 0 Å². The van der Waals surface area contributed by atoms with Crippen molar-refractivity contribution in [2.45, 2.75) is 63.0 Å². The summed E-state index contributed by atoms with van der Waals surface area (Å²) in [4.78, 5) is 40.0. The molecule has 2 unspecified atom stereocenters. The number of piperidine rings is 1. The molecular formula is C31H40N4O5. The van der Waals surface area contributed by atoms with E-state index in [2.05, 4.69) is 24.2 Å². The third-order valence-corrected chi connectivity index (χ3v) is 9.18. The largest absolute Gasteiger partial charge is 0.507 e. The van der Waals surface area contributed by atoms with Gasteiger partial charge in [0.25, 0.3) is 11.8 Å². The number of carbonyl (C=O) groups is 3. The molecule has 0 spiro atoms. The van der Waals surface area contributed by atoms with Crippen LogP contribution in [0.2, 0.25) is 0 Å². The number of likely N-dealkylation sites (tertiary alicyclic amines) is 1. The molecule has 0 aromatic heterocycles. The molecule has 6 N–H and O–H groups in total. The van der Waals surface area contributed by atoms with E-state index in [0.29, 0.717) is 43.4 Å². The fourth-order valence-electron chi connectivity index (χ4n) is 6.92. The molecule has 1 saturated heterocycles. The van der Waals surface area contributed by atoms with Crippen LogP contribution in [-0.2, 0) is 26.2 Å². The number of primary amides is 1. The van der Waals surface area contributed by atoms with Crippen LogP contribution in [0.1, 0.15) is 65.2 Å². The second-order valence-corrected chi connectivity index (χ2v) is 11.1. The topological polar surface area (TPSA) is 148 Å². The minimum Gasteiger partial charge on any atom is -0.507 e. The van der Waals surface area contributed by atoms with Crippen molar-refractivity contribution in [2.75, 3.05) is 27.2 Å². The fraction of sp³-hybridized carbons (Fsp3) is 0.452. The van der Waals surface area contributed by atoms with Crippen LogP contribution in [-0.4, -0.2) is 66.5 Å². The second kappa shape index (κ2) is 11.4. The molecule has 1 aliphatic heterocycles. The van der Waals surface area contributed by atoms with Crippen LogP contribution in [0.25, 0.3) is 5.57 Å². The van der Waals surface area contributed by atoms with E-state index in [1.165, 1.54) is 6.20 Å². The Morgan fingerprint density at radius 1 is 1.20 bits per heavy atom. The number of rotatable bonds is 8. The van der Waals surface area contributed by atoms with Crippen molar-refractivity contribution in [2.24, 2.45) is 11.5 Å². The van der Waals surface area contributed by atoms with Gasteiger partial charge < -0.3 is 31.5 Å². The number of Topliss-reactive ketones (excluding diaryl/α,β-unsaturated/α-hetero) is 1. The average Bonchev–Trinajstić information content (AvgIpc) is 2.92. The molecule has 2 aromatic rings. The Kier molecular flexibility index (Phi) is 8.37. The van der Waals surface area contributed by atoms with Crippen LogP contribution in [0.4, 0.5) is 0 Å². The van der Waals surface area contributed by atoms with Gasteiger partial charge in [0, 0.05) is 49.7 Å². The number of likely N-dealkylation sites (N-methyl/N-ethyl adjacent to an activating group) is 1. The van der Waals surface area contributed by atoms with Gasteiger partial charge >= 0.3 is 0 Å². The Hall–Kier alpha value is -3.69. The first-order valence-electron chi connectivity index (χ1n) is 13.7. The van der Waals surface area contributed by atoms with E-state index in [9.17, 15) is 19.5 Å². The molecule has 0 bridgehead atoms. The maximum atomic E-state index is 13.3. The number of fused-ring (bicyclic) bond motifs is 1. The summed E-state index contributed by atoms with van der Waals surface area (Å²) < 4.78 is 6.30. The first-order chi connectivity index (χ1) is 19.0. The van der Waals surface area contributed by atoms with E-state index >= 15 is 0 Å². The van der Waals surface area contributed by atoms with Gasteiger partial charge in [0.1, 0.15) is 11.5 Å². The van der Waals surface area contributed by atoms with Gasteiger partial charge in [-0.25, -0.2) is 0 Å². The summed E-state index contributed by atoms with van der Waals surface area (Å²) in [5, 5.41) is 14.6. The Morgan fingerprint density at radius 2 is 1.90 bits per heavy atom. The van der Waals surface area contributed by atoms with E-state index in [-0.39, 0.29) is 41.0 Å². The predicted molar refractivity (Wildman–Crippen MR) is 154 cm³/mol. The number of methoxy groups -OCH3 is 1. The van der Waals surface area contributed by atoms with Crippen molar-refractivity contribution in [3.8, 4) is 5.75 Å². The number of nitrogens with two attached hydrogens (primary N) is 2. The third kappa shape index (κ3) is 4.88. The highest BCUT2D eigenvalue weighted by molar-refractivity contribution is 6.18. The number of aromatic hydroxyl groups is 1. The summed E-state index contributed by atoms with van der Waals surface area (Å²) in [7, 11) is 3.75. The lowest BCUT2D eigenvalue weighted by molar-refractivity contribution is -0.175. The molecule has 1 saturated carbocycles. The fourth-order valence-corrected chi connectivity index (χ4v) is 6.92. The molecule has 0 radical (unpaired) electrons. The molecule has 1 aliphatic carbocycles. The Balaban J connectivity index is 1.58. The first-order valence-corrected chi connectivity index (χ1v) is 13.7. The molecule has 4 rings (SSSR count). The number of phenolic OH excluding ortho intramolecular Hbond substituents is 1. The third-order valence-electron chi connectivity index (χ3n) is 9.18. The maximum absolute atomic E-state index is 13.3. The van der Waals surface area contributed by atoms with Crippen molar-refractivity contribution >= 4 is 23.2 Å². The first kappa shape index (κ1) is 29.3. The second-order valence-electron chi connectivity index (χ2n) is 11.1. The van der Waals surface area contributed by atoms with E-state index in [1.54, 1.807) is 25.3 Å². The van der Waals surface area contributed by atoms with E-state index in [0.717, 1.165) is 17.7 Å². The summed E-state index contributed by atoms with van der Waals surface area (Å²) in [5.41, 5.74) is 12.9. The van der Waals surface area contributed by atoms with E-state index in [4.69, 9.17) is 16.2 Å². The number of aryl methyl sites for hydroxylation is 1. The molecular weight excluding hydrogens is 508 g/mol. The summed E-state index contributed by atoms with van der Waals surface area (Å²) in [6, 6.07) is 10.7. The normalized spacial score (nSPS) is 25.4. The number of phenols is 1. The van der Waals surface area contributed by atoms with Gasteiger partial charge in [-0.2, -0.15) is 0 Å². The van der Waals surface area contributed by atoms with Gasteiger partial charge in [-0.3, -0.25) is 14.4 Å². The highest BCUT2D eigenvalue weighted by Gasteiger charge is 2.63. The van der Waals surface area contributed by atoms with Crippen LogP contribution < -0.4 is 16.8 Å². The Morgan fingerprint density at radius 3 is 2.52 bits per heavy atom. The van der Waals surface area contributed by atoms with Gasteiger partial charge in [0.05, 0.1) is 16.7 Å². The lowest BCUT2D eigenvalue weighted by Crippen LogP contribution is -2.70. The van der Waals surface area contributed by atoms with Gasteiger partial charge in [0.15, 0.2) is 0 Å². The number of hydrogen-bond donors (Lipinski definition) is 4. The zero-order valence-electron chi connectivity index (χ0n) is 23.8. The molecule has 9 heteroatoms. The minimum atomic E-state index is -0.739. The van der Waals surface area contributed by atoms with Crippen molar-refractivity contribution in [1.29, 1.82) is 0 Å². The summed E-state index contributed by atoms with van der Waals surface area (Å²) >= 11 is 0. The van der Waals surface area contributed by atoms with E-state index in [1.807, 2.05) is 25.1 Å². The molecule has 214 valence electrons. The van der Waals surface area contributed by atoms with Gasteiger partial charge in [-0.05, 0) is 69.5 Å². The minimum absolute atomic E-state index is 0.0152.